The Morgan fingerprint density at radius 2 is 1.85 bits per heavy atom. The van der Waals surface area contributed by atoms with Crippen LogP contribution in [0.2, 0.25) is 0 Å². The minimum atomic E-state index is -0.682. The van der Waals surface area contributed by atoms with Gasteiger partial charge in [-0.2, -0.15) is 15.0 Å². The molecule has 27 heavy (non-hydrogen) atoms. The number of hydrogen-bond donors (Lipinski definition) is 3. The first-order chi connectivity index (χ1) is 13.1. The van der Waals surface area contributed by atoms with E-state index < -0.39 is 5.97 Å². The summed E-state index contributed by atoms with van der Waals surface area (Å²) < 4.78 is 5.17. The van der Waals surface area contributed by atoms with Gasteiger partial charge >= 0.3 is 5.97 Å². The van der Waals surface area contributed by atoms with Crippen LogP contribution in [0.4, 0.5) is 17.6 Å². The Morgan fingerprint density at radius 1 is 1.11 bits per heavy atom. The number of phenols is 1. The number of rotatable bonds is 6. The van der Waals surface area contributed by atoms with Crippen LogP contribution in [-0.4, -0.2) is 26.0 Å². The van der Waals surface area contributed by atoms with E-state index >= 15 is 0 Å². The molecule has 1 heterocycles. The number of phenolic OH excluding ortho intramolecular Hbond substituents is 1. The van der Waals surface area contributed by atoms with Crippen molar-refractivity contribution in [2.75, 3.05) is 11.1 Å². The van der Waals surface area contributed by atoms with E-state index in [1.165, 1.54) is 12.1 Å². The molecule has 0 aliphatic carbocycles. The fourth-order valence-corrected chi connectivity index (χ4v) is 2.48. The second kappa shape index (κ2) is 8.13. The molecule has 4 N–H and O–H groups in total. The van der Waals surface area contributed by atoms with Crippen molar-refractivity contribution in [1.29, 1.82) is 0 Å². The molecule has 0 aliphatic rings. The van der Waals surface area contributed by atoms with Crippen LogP contribution in [0, 0.1) is 0 Å². The first-order valence-corrected chi connectivity index (χ1v) is 8.37. The van der Waals surface area contributed by atoms with Crippen LogP contribution in [-0.2, 0) is 17.8 Å². The first-order valence-electron chi connectivity index (χ1n) is 8.37. The average Bonchev–Trinajstić information content (AvgIpc) is 2.66. The number of nitrogens with one attached hydrogen (secondary N) is 1. The van der Waals surface area contributed by atoms with Gasteiger partial charge in [-0.15, -0.1) is 0 Å². The lowest BCUT2D eigenvalue weighted by Crippen LogP contribution is -2.11. The number of hydrogen-bond acceptors (Lipinski definition) is 8. The molecular weight excluding hydrogens is 346 g/mol. The van der Waals surface area contributed by atoms with Crippen LogP contribution >= 0.6 is 0 Å². The van der Waals surface area contributed by atoms with E-state index in [1.807, 2.05) is 31.2 Å². The highest BCUT2D eigenvalue weighted by atomic mass is 16.5. The molecular formula is C19H19N5O3. The quantitative estimate of drug-likeness (QED) is 0.570. The summed E-state index contributed by atoms with van der Waals surface area (Å²) in [5.74, 6) is -0.371. The number of aromatic nitrogens is 3. The van der Waals surface area contributed by atoms with Gasteiger partial charge in [-0.05, 0) is 30.2 Å². The summed E-state index contributed by atoms with van der Waals surface area (Å²) >= 11 is 0. The van der Waals surface area contributed by atoms with E-state index in [0.717, 1.165) is 17.7 Å². The molecule has 1 aromatic heterocycles. The molecule has 0 radical (unpaired) electrons. The number of carbonyl (C=O) groups excluding carboxylic acids is 1. The lowest BCUT2D eigenvalue weighted by Gasteiger charge is -2.11. The number of esters is 1. The van der Waals surface area contributed by atoms with Gasteiger partial charge in [0.2, 0.25) is 11.9 Å². The van der Waals surface area contributed by atoms with Crippen molar-refractivity contribution in [3.8, 4) is 5.75 Å². The second-order valence-electron chi connectivity index (χ2n) is 5.66. The number of nitrogens with zero attached hydrogens (tertiary/aromatic N) is 3. The van der Waals surface area contributed by atoms with Crippen LogP contribution in [0.5, 0.6) is 5.75 Å². The Kier molecular flexibility index (Phi) is 5.46. The molecule has 2 aromatic carbocycles. The zero-order valence-corrected chi connectivity index (χ0v) is 14.7. The highest BCUT2D eigenvalue weighted by Gasteiger charge is 2.14. The summed E-state index contributed by atoms with van der Waals surface area (Å²) in [5, 5.41) is 12.8. The fourth-order valence-electron chi connectivity index (χ4n) is 2.48. The number of carbonyl (C=O) groups is 1. The Bertz CT molecular complexity index is 962. The van der Waals surface area contributed by atoms with Gasteiger partial charge in [-0.3, -0.25) is 0 Å². The van der Waals surface area contributed by atoms with Gasteiger partial charge in [0.25, 0.3) is 0 Å². The van der Waals surface area contributed by atoms with Crippen molar-refractivity contribution in [3.63, 3.8) is 0 Å². The molecule has 0 spiro atoms. The molecule has 0 unspecified atom stereocenters. The Labute approximate surface area is 156 Å². The van der Waals surface area contributed by atoms with Crippen LogP contribution < -0.4 is 11.1 Å². The maximum Gasteiger partial charge on any atom is 0.342 e. The number of para-hydroxylation sites is 2. The lowest BCUT2D eigenvalue weighted by molar-refractivity contribution is 0.0459. The Morgan fingerprint density at radius 3 is 2.63 bits per heavy atom. The predicted octanol–water partition coefficient (Wildman–Crippen LogP) is 2.82. The average molecular weight is 365 g/mol. The fraction of sp³-hybridized carbons (Fsp3) is 0.158. The highest BCUT2D eigenvalue weighted by molar-refractivity contribution is 5.92. The smallest absolute Gasteiger partial charge is 0.342 e. The van der Waals surface area contributed by atoms with Crippen molar-refractivity contribution in [2.45, 2.75) is 20.0 Å². The van der Waals surface area contributed by atoms with Crippen LogP contribution in [0.15, 0.2) is 48.5 Å². The largest absolute Gasteiger partial charge is 0.507 e. The number of nitrogen functional groups attached to an aromatic ring is 1. The number of aryl methyl sites for hydroxylation is 1. The number of aromatic hydroxyl groups is 1. The molecule has 0 amide bonds. The minimum absolute atomic E-state index is 0.00934. The molecule has 3 rings (SSSR count). The standard InChI is InChI=1S/C19H19N5O3/c1-2-12-7-3-5-9-14(12)21-19-23-16(22-18(20)24-19)11-27-17(26)13-8-4-6-10-15(13)25/h3-10,25H,2,11H2,1H3,(H3,20,21,22,23,24). The van der Waals surface area contributed by atoms with Crippen LogP contribution in [0.25, 0.3) is 0 Å². The highest BCUT2D eigenvalue weighted by Crippen LogP contribution is 2.20. The van der Waals surface area contributed by atoms with E-state index in [0.29, 0.717) is 0 Å². The summed E-state index contributed by atoms with van der Waals surface area (Å²) in [6, 6.07) is 13.9. The third kappa shape index (κ3) is 4.49. The van der Waals surface area contributed by atoms with Gasteiger partial charge in [0, 0.05) is 5.69 Å². The lowest BCUT2D eigenvalue weighted by atomic mass is 10.1. The summed E-state index contributed by atoms with van der Waals surface area (Å²) in [5.41, 5.74) is 7.77. The monoisotopic (exact) mass is 365 g/mol. The van der Waals surface area contributed by atoms with Gasteiger partial charge < -0.3 is 20.9 Å². The number of nitrogens with two attached hydrogens (primary N) is 1. The summed E-state index contributed by atoms with van der Waals surface area (Å²) in [6.07, 6.45) is 0.842. The van der Waals surface area contributed by atoms with Gasteiger partial charge in [0.05, 0.1) is 0 Å². The third-order valence-corrected chi connectivity index (χ3v) is 3.80. The third-order valence-electron chi connectivity index (χ3n) is 3.80. The summed E-state index contributed by atoms with van der Waals surface area (Å²) in [4.78, 5) is 24.4. The van der Waals surface area contributed by atoms with Crippen LogP contribution in [0.1, 0.15) is 28.7 Å². The normalized spacial score (nSPS) is 10.4. The first kappa shape index (κ1) is 18.1. The SMILES string of the molecule is CCc1ccccc1Nc1nc(N)nc(COC(=O)c2ccccc2O)n1. The molecule has 0 aliphatic heterocycles. The van der Waals surface area contributed by atoms with Crippen molar-refractivity contribution in [1.82, 2.24) is 15.0 Å². The zero-order chi connectivity index (χ0) is 19.2. The van der Waals surface area contributed by atoms with Crippen molar-refractivity contribution >= 4 is 23.6 Å². The van der Waals surface area contributed by atoms with E-state index in [4.69, 9.17) is 10.5 Å². The van der Waals surface area contributed by atoms with E-state index in [2.05, 4.69) is 20.3 Å². The molecule has 0 saturated carbocycles. The molecule has 0 fully saturated rings. The zero-order valence-electron chi connectivity index (χ0n) is 14.7. The van der Waals surface area contributed by atoms with Crippen molar-refractivity contribution in [3.05, 3.63) is 65.5 Å². The topological polar surface area (TPSA) is 123 Å². The van der Waals surface area contributed by atoms with E-state index in [-0.39, 0.29) is 35.6 Å². The molecule has 138 valence electrons. The maximum atomic E-state index is 12.1. The second-order valence-corrected chi connectivity index (χ2v) is 5.66. The number of anilines is 3. The molecule has 3 aromatic rings. The van der Waals surface area contributed by atoms with E-state index in [1.54, 1.807) is 12.1 Å². The number of ether oxygens (including phenoxy) is 1. The van der Waals surface area contributed by atoms with Gasteiger partial charge in [-0.1, -0.05) is 37.3 Å². The van der Waals surface area contributed by atoms with Crippen molar-refractivity contribution in [2.24, 2.45) is 0 Å². The molecule has 0 bridgehead atoms. The summed E-state index contributed by atoms with van der Waals surface area (Å²) in [6.45, 7) is 1.84. The van der Waals surface area contributed by atoms with Crippen molar-refractivity contribution < 1.29 is 14.6 Å². The molecule has 0 saturated heterocycles. The Balaban J connectivity index is 1.74. The summed E-state index contributed by atoms with van der Waals surface area (Å²) in [7, 11) is 0. The number of benzene rings is 2. The van der Waals surface area contributed by atoms with Gasteiger partial charge in [0.15, 0.2) is 12.4 Å². The van der Waals surface area contributed by atoms with Gasteiger partial charge in [0.1, 0.15) is 11.3 Å². The van der Waals surface area contributed by atoms with Crippen LogP contribution in [0.3, 0.4) is 0 Å². The van der Waals surface area contributed by atoms with Gasteiger partial charge in [-0.25, -0.2) is 4.79 Å². The maximum absolute atomic E-state index is 12.1. The predicted molar refractivity (Wildman–Crippen MR) is 101 cm³/mol. The Hall–Kier alpha value is -3.68. The minimum Gasteiger partial charge on any atom is -0.507 e. The molecule has 8 nitrogen and oxygen atoms in total. The molecule has 8 heteroatoms. The molecule has 0 atom stereocenters. The van der Waals surface area contributed by atoms with E-state index in [9.17, 15) is 9.90 Å².